The van der Waals surface area contributed by atoms with Crippen molar-refractivity contribution in [1.29, 1.82) is 0 Å². The van der Waals surface area contributed by atoms with Crippen LogP contribution in [0.25, 0.3) is 10.6 Å². The number of oxazole rings is 1. The molecule has 0 fully saturated rings. The van der Waals surface area contributed by atoms with Crippen molar-refractivity contribution in [3.8, 4) is 10.6 Å². The molecule has 0 spiro atoms. The zero-order chi connectivity index (χ0) is 8.39. The predicted octanol–water partition coefficient (Wildman–Crippen LogP) is 2.22. The van der Waals surface area contributed by atoms with Gasteiger partial charge in [0.15, 0.2) is 0 Å². The van der Waals surface area contributed by atoms with Gasteiger partial charge in [0.2, 0.25) is 6.29 Å². The van der Waals surface area contributed by atoms with Gasteiger partial charge in [-0.05, 0) is 11.4 Å². The number of hydrogen-bond donors (Lipinski definition) is 0. The van der Waals surface area contributed by atoms with Crippen molar-refractivity contribution in [3.05, 3.63) is 29.7 Å². The van der Waals surface area contributed by atoms with E-state index >= 15 is 0 Å². The van der Waals surface area contributed by atoms with Gasteiger partial charge in [-0.15, -0.1) is 11.3 Å². The van der Waals surface area contributed by atoms with Crippen molar-refractivity contribution >= 4 is 17.6 Å². The highest BCUT2D eigenvalue weighted by molar-refractivity contribution is 7.13. The summed E-state index contributed by atoms with van der Waals surface area (Å²) >= 11 is 1.56. The van der Waals surface area contributed by atoms with E-state index in [1.807, 2.05) is 17.5 Å². The maximum absolute atomic E-state index is 10.2. The molecule has 2 heterocycles. The van der Waals surface area contributed by atoms with Gasteiger partial charge in [-0.1, -0.05) is 6.07 Å². The summed E-state index contributed by atoms with van der Waals surface area (Å²) in [6, 6.07) is 3.85. The Kier molecular flexibility index (Phi) is 1.75. The van der Waals surface area contributed by atoms with Gasteiger partial charge in [0.05, 0.1) is 4.88 Å². The monoisotopic (exact) mass is 179 g/mol. The van der Waals surface area contributed by atoms with Crippen LogP contribution >= 0.6 is 11.3 Å². The summed E-state index contributed by atoms with van der Waals surface area (Å²) in [5.74, 6) is 0.124. The number of hydrogen-bond acceptors (Lipinski definition) is 4. The summed E-state index contributed by atoms with van der Waals surface area (Å²) in [5.41, 5.74) is 0.715. The fourth-order valence-electron chi connectivity index (χ4n) is 0.879. The minimum absolute atomic E-state index is 0.124. The minimum Gasteiger partial charge on any atom is -0.442 e. The lowest BCUT2D eigenvalue weighted by atomic mass is 10.4. The van der Waals surface area contributed by atoms with Crippen LogP contribution in [0.3, 0.4) is 0 Å². The number of carbonyl (C=O) groups excluding carboxylic acids is 1. The van der Waals surface area contributed by atoms with E-state index in [-0.39, 0.29) is 5.89 Å². The maximum atomic E-state index is 10.2. The van der Waals surface area contributed by atoms with Crippen LogP contribution in [0.4, 0.5) is 0 Å². The lowest BCUT2D eigenvalue weighted by Gasteiger charge is -1.82. The van der Waals surface area contributed by atoms with Crippen molar-refractivity contribution in [3.63, 3.8) is 0 Å². The molecule has 0 radical (unpaired) electrons. The summed E-state index contributed by atoms with van der Waals surface area (Å²) in [6.45, 7) is 0. The Hall–Kier alpha value is -1.42. The topological polar surface area (TPSA) is 43.1 Å². The van der Waals surface area contributed by atoms with E-state index in [2.05, 4.69) is 4.98 Å². The third-order valence-electron chi connectivity index (χ3n) is 1.40. The molecule has 2 aromatic heterocycles. The van der Waals surface area contributed by atoms with E-state index in [1.54, 1.807) is 11.3 Å². The summed E-state index contributed by atoms with van der Waals surface area (Å²) in [6.07, 6.45) is 2.08. The summed E-state index contributed by atoms with van der Waals surface area (Å²) in [4.78, 5) is 15.2. The van der Waals surface area contributed by atoms with E-state index in [0.717, 1.165) is 4.88 Å². The second-order valence-corrected chi connectivity index (χ2v) is 3.11. The Morgan fingerprint density at radius 1 is 1.58 bits per heavy atom. The molecule has 0 aliphatic heterocycles. The van der Waals surface area contributed by atoms with Gasteiger partial charge in [0.1, 0.15) is 12.0 Å². The molecule has 4 heteroatoms. The van der Waals surface area contributed by atoms with E-state index in [0.29, 0.717) is 12.0 Å². The lowest BCUT2D eigenvalue weighted by molar-refractivity contribution is 0.109. The Morgan fingerprint density at radius 2 is 2.50 bits per heavy atom. The number of nitrogens with zero attached hydrogens (tertiary/aromatic N) is 1. The van der Waals surface area contributed by atoms with Crippen molar-refractivity contribution in [2.45, 2.75) is 0 Å². The molecule has 0 aliphatic carbocycles. The molecule has 0 unspecified atom stereocenters. The van der Waals surface area contributed by atoms with E-state index < -0.39 is 0 Å². The van der Waals surface area contributed by atoms with Crippen molar-refractivity contribution in [2.75, 3.05) is 0 Å². The van der Waals surface area contributed by atoms with Gasteiger partial charge in [-0.3, -0.25) is 4.79 Å². The molecule has 0 N–H and O–H groups in total. The van der Waals surface area contributed by atoms with Crippen molar-refractivity contribution < 1.29 is 9.21 Å². The van der Waals surface area contributed by atoms with Gasteiger partial charge in [-0.2, -0.15) is 0 Å². The molecule has 0 aromatic carbocycles. The first-order valence-corrected chi connectivity index (χ1v) is 4.22. The van der Waals surface area contributed by atoms with Crippen molar-refractivity contribution in [2.24, 2.45) is 0 Å². The van der Waals surface area contributed by atoms with Gasteiger partial charge in [0, 0.05) is 0 Å². The minimum atomic E-state index is 0.124. The summed E-state index contributed by atoms with van der Waals surface area (Å²) in [5, 5.41) is 1.95. The highest BCUT2D eigenvalue weighted by Crippen LogP contribution is 2.22. The molecule has 2 rings (SSSR count). The second-order valence-electron chi connectivity index (χ2n) is 2.17. The van der Waals surface area contributed by atoms with Crippen LogP contribution in [0.5, 0.6) is 0 Å². The average molecular weight is 179 g/mol. The van der Waals surface area contributed by atoms with Crippen LogP contribution in [0.2, 0.25) is 0 Å². The quantitative estimate of drug-likeness (QED) is 0.664. The van der Waals surface area contributed by atoms with Crippen LogP contribution < -0.4 is 0 Å². The first kappa shape index (κ1) is 7.24. The number of aldehydes is 1. The highest BCUT2D eigenvalue weighted by atomic mass is 32.1. The fourth-order valence-corrected chi connectivity index (χ4v) is 1.55. The number of carbonyl (C=O) groups is 1. The zero-order valence-corrected chi connectivity index (χ0v) is 6.88. The standard InChI is InChI=1S/C8H5NO2S/c10-4-8-9-6(5-11-8)7-2-1-3-12-7/h1-5H. The SMILES string of the molecule is O=Cc1nc(-c2cccs2)co1. The third kappa shape index (κ3) is 1.16. The van der Waals surface area contributed by atoms with Gasteiger partial charge < -0.3 is 4.42 Å². The average Bonchev–Trinajstić information content (AvgIpc) is 2.75. The van der Waals surface area contributed by atoms with E-state index in [1.165, 1.54) is 6.26 Å². The second kappa shape index (κ2) is 2.91. The first-order valence-electron chi connectivity index (χ1n) is 3.35. The molecule has 0 saturated carbocycles. The Balaban J connectivity index is 2.41. The van der Waals surface area contributed by atoms with Crippen LogP contribution in [0, 0.1) is 0 Å². The van der Waals surface area contributed by atoms with E-state index in [4.69, 9.17) is 4.42 Å². The molecule has 0 saturated heterocycles. The number of thiophene rings is 1. The zero-order valence-electron chi connectivity index (χ0n) is 6.06. The lowest BCUT2D eigenvalue weighted by Crippen LogP contribution is -1.77. The molecule has 0 atom stereocenters. The maximum Gasteiger partial charge on any atom is 0.260 e. The smallest absolute Gasteiger partial charge is 0.260 e. The Labute approximate surface area is 72.7 Å². The van der Waals surface area contributed by atoms with E-state index in [9.17, 15) is 4.79 Å². The molecule has 0 bridgehead atoms. The van der Waals surface area contributed by atoms with Crippen LogP contribution in [-0.2, 0) is 0 Å². The third-order valence-corrected chi connectivity index (χ3v) is 2.29. The molecular formula is C8H5NO2S. The Morgan fingerprint density at radius 3 is 3.08 bits per heavy atom. The predicted molar refractivity (Wildman–Crippen MR) is 45.2 cm³/mol. The number of aromatic nitrogens is 1. The Bertz CT molecular complexity index is 377. The molecular weight excluding hydrogens is 174 g/mol. The highest BCUT2D eigenvalue weighted by Gasteiger charge is 2.04. The largest absolute Gasteiger partial charge is 0.442 e. The van der Waals surface area contributed by atoms with Gasteiger partial charge >= 0.3 is 0 Å². The van der Waals surface area contributed by atoms with Crippen LogP contribution in [0.15, 0.2) is 28.2 Å². The summed E-state index contributed by atoms with van der Waals surface area (Å²) < 4.78 is 4.87. The molecule has 0 amide bonds. The van der Waals surface area contributed by atoms with Gasteiger partial charge in [0.25, 0.3) is 5.89 Å². The molecule has 2 aromatic rings. The van der Waals surface area contributed by atoms with Gasteiger partial charge in [-0.25, -0.2) is 4.98 Å². The van der Waals surface area contributed by atoms with Crippen LogP contribution in [0.1, 0.15) is 10.7 Å². The molecule has 0 aliphatic rings. The fraction of sp³-hybridized carbons (Fsp3) is 0. The first-order chi connectivity index (χ1) is 5.90. The summed E-state index contributed by atoms with van der Waals surface area (Å²) in [7, 11) is 0. The molecule has 12 heavy (non-hydrogen) atoms. The van der Waals surface area contributed by atoms with Crippen molar-refractivity contribution in [1.82, 2.24) is 4.98 Å². The number of rotatable bonds is 2. The molecule has 3 nitrogen and oxygen atoms in total. The normalized spacial score (nSPS) is 10.0. The van der Waals surface area contributed by atoms with Crippen LogP contribution in [-0.4, -0.2) is 11.3 Å². The molecule has 60 valence electrons.